The van der Waals surface area contributed by atoms with Crippen LogP contribution in [0.5, 0.6) is 0 Å². The number of thiophene rings is 1. The van der Waals surface area contributed by atoms with Gasteiger partial charge in [-0.25, -0.2) is 0 Å². The molecule has 0 radical (unpaired) electrons. The van der Waals surface area contributed by atoms with Crippen LogP contribution in [-0.2, 0) is 19.1 Å². The number of halogens is 1. The predicted molar refractivity (Wildman–Crippen MR) is 125 cm³/mol. The van der Waals surface area contributed by atoms with Crippen LogP contribution < -0.4 is 10.6 Å². The Kier molecular flexibility index (Phi) is 7.24. The average Bonchev–Trinajstić information content (AvgIpc) is 3.42. The van der Waals surface area contributed by atoms with E-state index in [9.17, 15) is 14.4 Å². The molecule has 0 unspecified atom stereocenters. The van der Waals surface area contributed by atoms with E-state index in [0.29, 0.717) is 29.6 Å². The molecule has 2 amide bonds. The number of thiocarbonyl (C=S) groups is 1. The fourth-order valence-electron chi connectivity index (χ4n) is 3.72. The van der Waals surface area contributed by atoms with E-state index in [1.165, 1.54) is 11.3 Å². The summed E-state index contributed by atoms with van der Waals surface area (Å²) in [6.07, 6.45) is 1.51. The quantitative estimate of drug-likeness (QED) is 0.486. The molecule has 0 saturated carbocycles. The molecule has 0 bridgehead atoms. The molecule has 3 heterocycles. The maximum absolute atomic E-state index is 12.8. The second-order valence-corrected chi connectivity index (χ2v) is 9.34. The van der Waals surface area contributed by atoms with Crippen molar-refractivity contribution in [3.05, 3.63) is 34.2 Å². The zero-order valence-corrected chi connectivity index (χ0v) is 19.5. The minimum atomic E-state index is -0.869. The maximum atomic E-state index is 12.8. The van der Waals surface area contributed by atoms with Gasteiger partial charge in [0.1, 0.15) is 17.5 Å². The van der Waals surface area contributed by atoms with Gasteiger partial charge in [0.2, 0.25) is 5.91 Å². The Labute approximate surface area is 199 Å². The van der Waals surface area contributed by atoms with Gasteiger partial charge in [-0.05, 0) is 31.1 Å². The van der Waals surface area contributed by atoms with Crippen LogP contribution in [0.1, 0.15) is 28.9 Å². The van der Waals surface area contributed by atoms with Gasteiger partial charge in [-0.2, -0.15) is 0 Å². The van der Waals surface area contributed by atoms with E-state index in [0.717, 1.165) is 22.9 Å². The van der Waals surface area contributed by atoms with E-state index in [1.54, 1.807) is 4.90 Å². The van der Waals surface area contributed by atoms with Gasteiger partial charge >= 0.3 is 5.97 Å². The number of carbonyl (C=O) groups is 3. The maximum Gasteiger partial charge on any atom is 0.308 e. The molecule has 2 fully saturated rings. The van der Waals surface area contributed by atoms with E-state index in [4.69, 9.17) is 33.3 Å². The number of amides is 2. The van der Waals surface area contributed by atoms with E-state index in [2.05, 4.69) is 10.6 Å². The first-order chi connectivity index (χ1) is 15.4. The normalized spacial score (nSPS) is 20.8. The molecule has 11 heteroatoms. The first-order valence-corrected chi connectivity index (χ1v) is 11.9. The van der Waals surface area contributed by atoms with E-state index < -0.39 is 17.9 Å². The molecule has 1 aromatic carbocycles. The zero-order chi connectivity index (χ0) is 22.7. The molecule has 170 valence electrons. The molecule has 2 saturated heterocycles. The summed E-state index contributed by atoms with van der Waals surface area (Å²) in [6.45, 7) is 1.53. The van der Waals surface area contributed by atoms with Crippen LogP contribution in [0, 0.1) is 0 Å². The molecule has 0 spiro atoms. The molecule has 1 aromatic heterocycles. The fraction of sp³-hybridized carbons (Fsp3) is 0.429. The van der Waals surface area contributed by atoms with Gasteiger partial charge in [0.25, 0.3) is 5.91 Å². The lowest BCUT2D eigenvalue weighted by atomic mass is 10.1. The Morgan fingerprint density at radius 3 is 2.94 bits per heavy atom. The Morgan fingerprint density at radius 1 is 1.38 bits per heavy atom. The Balaban J connectivity index is 1.40. The summed E-state index contributed by atoms with van der Waals surface area (Å²) in [4.78, 5) is 39.5. The number of hydrogen-bond donors (Lipinski definition) is 2. The summed E-state index contributed by atoms with van der Waals surface area (Å²) >= 11 is 13.1. The van der Waals surface area contributed by atoms with Crippen LogP contribution in [-0.4, -0.2) is 66.2 Å². The van der Waals surface area contributed by atoms with Gasteiger partial charge < -0.3 is 19.7 Å². The van der Waals surface area contributed by atoms with Crippen molar-refractivity contribution in [3.63, 3.8) is 0 Å². The fourth-order valence-corrected chi connectivity index (χ4v) is 5.45. The predicted octanol–water partition coefficient (Wildman–Crippen LogP) is 2.48. The van der Waals surface area contributed by atoms with Gasteiger partial charge in [-0.1, -0.05) is 29.8 Å². The van der Waals surface area contributed by atoms with Crippen LogP contribution in [0.25, 0.3) is 10.1 Å². The van der Waals surface area contributed by atoms with Crippen LogP contribution in [0.3, 0.4) is 0 Å². The second-order valence-electron chi connectivity index (χ2n) is 7.52. The summed E-state index contributed by atoms with van der Waals surface area (Å²) in [5.74, 6) is -1.32. The second kappa shape index (κ2) is 10.1. The van der Waals surface area contributed by atoms with Gasteiger partial charge in [0.05, 0.1) is 17.5 Å². The molecule has 2 aliphatic rings. The summed E-state index contributed by atoms with van der Waals surface area (Å²) < 4.78 is 11.6. The highest BCUT2D eigenvalue weighted by atomic mass is 35.5. The topological polar surface area (TPSA) is 97.0 Å². The van der Waals surface area contributed by atoms with Gasteiger partial charge in [0, 0.05) is 29.8 Å². The highest BCUT2D eigenvalue weighted by Gasteiger charge is 2.35. The first kappa shape index (κ1) is 22.9. The minimum absolute atomic E-state index is 0.0651. The lowest BCUT2D eigenvalue weighted by Gasteiger charge is -2.36. The third kappa shape index (κ3) is 5.03. The van der Waals surface area contributed by atoms with Crippen molar-refractivity contribution in [3.8, 4) is 0 Å². The largest absolute Gasteiger partial charge is 0.463 e. The van der Waals surface area contributed by atoms with Crippen molar-refractivity contribution >= 4 is 68.1 Å². The van der Waals surface area contributed by atoms with Crippen molar-refractivity contribution in [1.29, 1.82) is 0 Å². The Morgan fingerprint density at radius 2 is 2.19 bits per heavy atom. The number of hydrogen-bond acceptors (Lipinski definition) is 7. The van der Waals surface area contributed by atoms with Crippen LogP contribution in [0.4, 0.5) is 0 Å². The highest BCUT2D eigenvalue weighted by molar-refractivity contribution is 7.80. The number of nitrogens with zero attached hydrogens (tertiary/aromatic N) is 1. The number of nitrogens with one attached hydrogen (secondary N) is 2. The van der Waals surface area contributed by atoms with Gasteiger partial charge in [-0.15, -0.1) is 11.3 Å². The number of esters is 1. The highest BCUT2D eigenvalue weighted by Crippen LogP contribution is 2.35. The number of benzene rings is 1. The van der Waals surface area contributed by atoms with Crippen molar-refractivity contribution in [2.45, 2.75) is 31.4 Å². The minimum Gasteiger partial charge on any atom is -0.463 e. The van der Waals surface area contributed by atoms with Crippen molar-refractivity contribution in [2.24, 2.45) is 0 Å². The number of ether oxygens (including phenoxy) is 2. The number of piperazine rings is 1. The SMILES string of the molecule is O=C(C[C@H]1C(=O)NCCN1C(=S)NC(=O)c1sc2ccccc2c1Cl)OC[C@H]1CCCO1. The van der Waals surface area contributed by atoms with E-state index in [1.807, 2.05) is 24.3 Å². The Bertz CT molecular complexity index is 1050. The third-order valence-electron chi connectivity index (χ3n) is 5.37. The molecule has 32 heavy (non-hydrogen) atoms. The lowest BCUT2D eigenvalue weighted by Crippen LogP contribution is -2.60. The molecule has 2 N–H and O–H groups in total. The van der Waals surface area contributed by atoms with Crippen LogP contribution >= 0.6 is 35.2 Å². The average molecular weight is 496 g/mol. The molecule has 8 nitrogen and oxygen atoms in total. The zero-order valence-electron chi connectivity index (χ0n) is 17.1. The number of fused-ring (bicyclic) bond motifs is 1. The molecule has 0 aliphatic carbocycles. The smallest absolute Gasteiger partial charge is 0.308 e. The molecular formula is C21H22ClN3O5S2. The van der Waals surface area contributed by atoms with Crippen molar-refractivity contribution in [1.82, 2.24) is 15.5 Å². The number of carbonyl (C=O) groups excluding carboxylic acids is 3. The first-order valence-electron chi connectivity index (χ1n) is 10.3. The lowest BCUT2D eigenvalue weighted by molar-refractivity contribution is -0.150. The van der Waals surface area contributed by atoms with Gasteiger partial charge in [-0.3, -0.25) is 19.7 Å². The Hall–Kier alpha value is -2.27. The van der Waals surface area contributed by atoms with Crippen LogP contribution in [0.2, 0.25) is 5.02 Å². The third-order valence-corrected chi connectivity index (χ3v) is 7.38. The molecule has 2 aliphatic heterocycles. The van der Waals surface area contributed by atoms with E-state index in [-0.39, 0.29) is 30.2 Å². The van der Waals surface area contributed by atoms with Crippen LogP contribution in [0.15, 0.2) is 24.3 Å². The summed E-state index contributed by atoms with van der Waals surface area (Å²) in [6, 6.07) is 6.58. The summed E-state index contributed by atoms with van der Waals surface area (Å²) in [7, 11) is 0. The number of rotatable bonds is 5. The van der Waals surface area contributed by atoms with E-state index >= 15 is 0 Å². The summed E-state index contributed by atoms with van der Waals surface area (Å²) in [5, 5.41) is 6.60. The molecule has 2 aromatic rings. The van der Waals surface area contributed by atoms with Crippen molar-refractivity contribution in [2.75, 3.05) is 26.3 Å². The monoisotopic (exact) mass is 495 g/mol. The summed E-state index contributed by atoms with van der Waals surface area (Å²) in [5.41, 5.74) is 0. The van der Waals surface area contributed by atoms with Crippen molar-refractivity contribution < 1.29 is 23.9 Å². The molecule has 4 rings (SSSR count). The molecular weight excluding hydrogens is 474 g/mol. The standard InChI is InChI=1S/C21H22ClN3O5S2/c22-17-13-5-1-2-6-15(13)32-18(17)20(28)24-21(31)25-8-7-23-19(27)14(25)10-16(26)30-11-12-4-3-9-29-12/h1-2,5-6,12,14H,3-4,7-11H2,(H,23,27)(H,24,28,31)/t12-,14+/m1/s1. The van der Waals surface area contributed by atoms with Gasteiger partial charge in [0.15, 0.2) is 5.11 Å². The molecule has 2 atom stereocenters.